The summed E-state index contributed by atoms with van der Waals surface area (Å²) >= 11 is 0. The van der Waals surface area contributed by atoms with Gasteiger partial charge in [-0.25, -0.2) is 8.78 Å². The van der Waals surface area contributed by atoms with Crippen LogP contribution in [0.3, 0.4) is 0 Å². The third kappa shape index (κ3) is 4.21. The third-order valence-corrected chi connectivity index (χ3v) is 5.09. The lowest BCUT2D eigenvalue weighted by Gasteiger charge is -2.33. The van der Waals surface area contributed by atoms with Gasteiger partial charge < -0.3 is 10.0 Å². The molecule has 1 amide bonds. The number of rotatable bonds is 4. The number of phenols is 1. The molecule has 0 saturated carbocycles. The Bertz CT molecular complexity index is 807. The highest BCUT2D eigenvalue weighted by atomic mass is 19.2. The first-order valence-corrected chi connectivity index (χ1v) is 8.97. The first-order valence-electron chi connectivity index (χ1n) is 8.97. The van der Waals surface area contributed by atoms with Gasteiger partial charge >= 0.3 is 0 Å². The highest BCUT2D eigenvalue weighted by Gasteiger charge is 2.24. The second kappa shape index (κ2) is 7.85. The van der Waals surface area contributed by atoms with Gasteiger partial charge in [0.25, 0.3) is 5.91 Å². The van der Waals surface area contributed by atoms with Crippen molar-refractivity contribution >= 4 is 5.91 Å². The molecule has 0 aliphatic carbocycles. The fraction of sp³-hybridized carbons (Fsp3) is 0.381. The Labute approximate surface area is 152 Å². The molecule has 5 heteroatoms. The van der Waals surface area contributed by atoms with E-state index in [1.807, 2.05) is 4.90 Å². The van der Waals surface area contributed by atoms with E-state index in [9.17, 15) is 18.7 Å². The summed E-state index contributed by atoms with van der Waals surface area (Å²) in [6.45, 7) is 3.14. The van der Waals surface area contributed by atoms with Crippen molar-refractivity contribution in [2.24, 2.45) is 5.92 Å². The summed E-state index contributed by atoms with van der Waals surface area (Å²) in [6.07, 6.45) is 3.43. The lowest BCUT2D eigenvalue weighted by Crippen LogP contribution is -2.40. The first-order chi connectivity index (χ1) is 12.4. The van der Waals surface area contributed by atoms with Crippen LogP contribution in [0.15, 0.2) is 36.4 Å². The van der Waals surface area contributed by atoms with Crippen LogP contribution in [0, 0.1) is 24.5 Å². The summed E-state index contributed by atoms with van der Waals surface area (Å²) < 4.78 is 26.3. The van der Waals surface area contributed by atoms with Crippen LogP contribution < -0.4 is 0 Å². The van der Waals surface area contributed by atoms with Gasteiger partial charge in [-0.15, -0.1) is 0 Å². The van der Waals surface area contributed by atoms with Gasteiger partial charge in [-0.05, 0) is 73.9 Å². The van der Waals surface area contributed by atoms with Crippen molar-refractivity contribution in [3.63, 3.8) is 0 Å². The largest absolute Gasteiger partial charge is 0.508 e. The lowest BCUT2D eigenvalue weighted by atomic mass is 9.91. The molecule has 0 unspecified atom stereocenters. The minimum atomic E-state index is -0.829. The number of phenolic OH excluding ortho intramolecular Hbond substituents is 1. The van der Waals surface area contributed by atoms with Crippen molar-refractivity contribution in [1.82, 2.24) is 4.90 Å². The summed E-state index contributed by atoms with van der Waals surface area (Å²) in [5.41, 5.74) is 2.01. The number of benzene rings is 2. The quantitative estimate of drug-likeness (QED) is 0.875. The number of carbonyl (C=O) groups is 1. The Morgan fingerprint density at radius 1 is 1.19 bits per heavy atom. The van der Waals surface area contributed by atoms with E-state index in [0.717, 1.165) is 36.5 Å². The van der Waals surface area contributed by atoms with E-state index in [1.54, 1.807) is 25.1 Å². The van der Waals surface area contributed by atoms with Crippen LogP contribution >= 0.6 is 0 Å². The number of likely N-dealkylation sites (tertiary alicyclic amines) is 1. The van der Waals surface area contributed by atoms with E-state index in [2.05, 4.69) is 0 Å². The molecule has 1 N–H and O–H groups in total. The van der Waals surface area contributed by atoms with E-state index >= 15 is 0 Å². The maximum atomic E-state index is 13.3. The van der Waals surface area contributed by atoms with E-state index in [-0.39, 0.29) is 11.7 Å². The Morgan fingerprint density at radius 2 is 2.00 bits per heavy atom. The third-order valence-electron chi connectivity index (χ3n) is 5.09. The second-order valence-electron chi connectivity index (χ2n) is 7.05. The van der Waals surface area contributed by atoms with Gasteiger partial charge in [0, 0.05) is 18.7 Å². The summed E-state index contributed by atoms with van der Waals surface area (Å²) in [7, 11) is 0. The van der Waals surface area contributed by atoms with Gasteiger partial charge in [0.2, 0.25) is 0 Å². The molecule has 26 heavy (non-hydrogen) atoms. The molecule has 0 bridgehead atoms. The lowest BCUT2D eigenvalue weighted by molar-refractivity contribution is 0.0668. The molecule has 2 aromatic carbocycles. The number of aromatic hydroxyl groups is 1. The number of hydrogen-bond acceptors (Lipinski definition) is 2. The summed E-state index contributed by atoms with van der Waals surface area (Å²) in [6, 6.07) is 9.01. The van der Waals surface area contributed by atoms with Gasteiger partial charge in [0.1, 0.15) is 5.75 Å². The molecule has 0 radical (unpaired) electrons. The highest BCUT2D eigenvalue weighted by Crippen LogP contribution is 2.25. The van der Waals surface area contributed by atoms with Crippen LogP contribution in [0.4, 0.5) is 8.78 Å². The average Bonchev–Trinajstić information content (AvgIpc) is 2.64. The van der Waals surface area contributed by atoms with Crippen molar-refractivity contribution in [3.05, 3.63) is 64.7 Å². The fourth-order valence-electron chi connectivity index (χ4n) is 3.48. The number of piperidine rings is 1. The van der Waals surface area contributed by atoms with Crippen molar-refractivity contribution in [2.45, 2.75) is 32.6 Å². The van der Waals surface area contributed by atoms with Crippen LogP contribution in [0.1, 0.15) is 40.7 Å². The SMILES string of the molecule is Cc1ccc(C(=O)N2CCC[C@H](CCc3ccc(F)c(F)c3)C2)cc1O. The van der Waals surface area contributed by atoms with Crippen molar-refractivity contribution < 1.29 is 18.7 Å². The number of carbonyl (C=O) groups excluding carboxylic acids is 1. The van der Waals surface area contributed by atoms with E-state index in [1.165, 1.54) is 12.1 Å². The molecule has 0 aromatic heterocycles. The zero-order chi connectivity index (χ0) is 18.7. The molecule has 1 fully saturated rings. The minimum absolute atomic E-state index is 0.0715. The van der Waals surface area contributed by atoms with Crippen molar-refractivity contribution in [2.75, 3.05) is 13.1 Å². The number of nitrogens with zero attached hydrogens (tertiary/aromatic N) is 1. The molecule has 138 valence electrons. The van der Waals surface area contributed by atoms with Crippen LogP contribution in [0.2, 0.25) is 0 Å². The zero-order valence-corrected chi connectivity index (χ0v) is 14.8. The molecule has 1 saturated heterocycles. The number of halogens is 2. The normalized spacial score (nSPS) is 17.3. The molecule has 1 aliphatic rings. The minimum Gasteiger partial charge on any atom is -0.508 e. The topological polar surface area (TPSA) is 40.5 Å². The van der Waals surface area contributed by atoms with Crippen molar-refractivity contribution in [1.29, 1.82) is 0 Å². The smallest absolute Gasteiger partial charge is 0.253 e. The van der Waals surface area contributed by atoms with Gasteiger partial charge in [-0.3, -0.25) is 4.79 Å². The van der Waals surface area contributed by atoms with Crippen molar-refractivity contribution in [3.8, 4) is 5.75 Å². The molecule has 3 rings (SSSR count). The monoisotopic (exact) mass is 359 g/mol. The van der Waals surface area contributed by atoms with Crippen LogP contribution in [-0.4, -0.2) is 29.0 Å². The first kappa shape index (κ1) is 18.4. The standard InChI is InChI=1S/C21H23F2NO2/c1-14-4-8-17(12-20(14)25)21(26)24-10-2-3-16(13-24)6-5-15-7-9-18(22)19(23)11-15/h4,7-9,11-12,16,25H,2-3,5-6,10,13H2,1H3/t16-/m1/s1. The Morgan fingerprint density at radius 3 is 2.73 bits per heavy atom. The van der Waals surface area contributed by atoms with E-state index in [4.69, 9.17) is 0 Å². The molecule has 3 nitrogen and oxygen atoms in total. The van der Waals surface area contributed by atoms with Crippen LogP contribution in [0.5, 0.6) is 5.75 Å². The maximum Gasteiger partial charge on any atom is 0.253 e. The van der Waals surface area contributed by atoms with Gasteiger partial charge in [-0.2, -0.15) is 0 Å². The van der Waals surface area contributed by atoms with Crippen LogP contribution in [0.25, 0.3) is 0 Å². The van der Waals surface area contributed by atoms with Gasteiger partial charge in [0.15, 0.2) is 11.6 Å². The molecule has 2 aromatic rings. The van der Waals surface area contributed by atoms with Gasteiger partial charge in [-0.1, -0.05) is 12.1 Å². The zero-order valence-electron chi connectivity index (χ0n) is 14.8. The van der Waals surface area contributed by atoms with Crippen LogP contribution in [-0.2, 0) is 6.42 Å². The fourth-order valence-corrected chi connectivity index (χ4v) is 3.48. The average molecular weight is 359 g/mol. The Balaban J connectivity index is 1.60. The van der Waals surface area contributed by atoms with Gasteiger partial charge in [0.05, 0.1) is 0 Å². The predicted octanol–water partition coefficient (Wildman–Crippen LogP) is 4.46. The number of aryl methyl sites for hydroxylation is 2. The number of amides is 1. The summed E-state index contributed by atoms with van der Waals surface area (Å²) in [5, 5.41) is 9.82. The second-order valence-corrected chi connectivity index (χ2v) is 7.05. The highest BCUT2D eigenvalue weighted by molar-refractivity contribution is 5.94. The molecule has 1 atom stereocenters. The molecular weight excluding hydrogens is 336 g/mol. The molecule has 1 aliphatic heterocycles. The predicted molar refractivity (Wildman–Crippen MR) is 96.2 cm³/mol. The maximum absolute atomic E-state index is 13.3. The summed E-state index contributed by atoms with van der Waals surface area (Å²) in [4.78, 5) is 14.5. The Hall–Kier alpha value is -2.43. The Kier molecular flexibility index (Phi) is 5.55. The molecule has 0 spiro atoms. The molecule has 1 heterocycles. The summed E-state index contributed by atoms with van der Waals surface area (Å²) in [5.74, 6) is -1.26. The van der Waals surface area contributed by atoms with E-state index in [0.29, 0.717) is 31.0 Å². The number of hydrogen-bond donors (Lipinski definition) is 1. The molecular formula is C21H23F2NO2. The van der Waals surface area contributed by atoms with E-state index < -0.39 is 11.6 Å².